The number of fused-ring (bicyclic) bond motifs is 3. The zero-order valence-corrected chi connectivity index (χ0v) is 21.2. The van der Waals surface area contributed by atoms with E-state index in [-0.39, 0.29) is 6.71 Å². The van der Waals surface area contributed by atoms with E-state index in [1.807, 2.05) is 18.2 Å². The lowest BCUT2D eigenvalue weighted by molar-refractivity contribution is 1.01. The van der Waals surface area contributed by atoms with Gasteiger partial charge in [0.25, 0.3) is 6.71 Å². The molecule has 0 amide bonds. The lowest BCUT2D eigenvalue weighted by Gasteiger charge is -2.45. The van der Waals surface area contributed by atoms with Gasteiger partial charge in [-0.25, -0.2) is 0 Å². The van der Waals surface area contributed by atoms with E-state index in [0.29, 0.717) is 0 Å². The van der Waals surface area contributed by atoms with E-state index in [1.54, 1.807) is 0 Å². The molecule has 0 aliphatic carbocycles. The largest absolute Gasteiger partial charge is 0.319 e. The van der Waals surface area contributed by atoms with Crippen molar-refractivity contribution in [3.05, 3.63) is 150 Å². The van der Waals surface area contributed by atoms with Gasteiger partial charge in [-0.2, -0.15) is 0 Å². The molecule has 2 aliphatic heterocycles. The Labute approximate surface area is 211 Å². The molecule has 0 N–H and O–H groups in total. The van der Waals surface area contributed by atoms with Gasteiger partial charge in [-0.15, -0.1) is 0 Å². The fraction of sp³-hybridized carbons (Fsp3) is 0.125. The normalized spacial score (nSPS) is 17.5. The Morgan fingerprint density at radius 3 is 2.26 bits per heavy atom. The summed E-state index contributed by atoms with van der Waals surface area (Å²) in [6, 6.07) is 19.4. The summed E-state index contributed by atoms with van der Waals surface area (Å²) in [6.07, 6.45) is 16.4. The molecule has 0 radical (unpaired) electrons. The molecule has 174 valence electrons. The van der Waals surface area contributed by atoms with Gasteiger partial charge in [-0.1, -0.05) is 86.0 Å². The lowest BCUT2D eigenvalue weighted by atomic mass is 9.32. The molecule has 3 heteroatoms. The van der Waals surface area contributed by atoms with Gasteiger partial charge in [0.05, 0.1) is 0 Å². The Balaban J connectivity index is 2.08. The quantitative estimate of drug-likeness (QED) is 0.325. The molecule has 0 unspecified atom stereocenters. The lowest BCUT2D eigenvalue weighted by Crippen LogP contribution is -2.51. The zero-order valence-electron chi connectivity index (χ0n) is 21.2. The number of rotatable bonds is 6. The molecule has 0 bridgehead atoms. The van der Waals surface area contributed by atoms with Crippen molar-refractivity contribution in [2.45, 2.75) is 27.7 Å². The minimum atomic E-state index is 0.151. The molecule has 0 spiro atoms. The number of benzene rings is 2. The van der Waals surface area contributed by atoms with Crippen LogP contribution in [0.1, 0.15) is 27.7 Å². The second-order valence-electron chi connectivity index (χ2n) is 8.63. The molecule has 2 aliphatic rings. The van der Waals surface area contributed by atoms with E-state index in [0.717, 1.165) is 5.70 Å². The molecule has 35 heavy (non-hydrogen) atoms. The predicted octanol–water partition coefficient (Wildman–Crippen LogP) is 7.65. The van der Waals surface area contributed by atoms with Gasteiger partial charge in [0, 0.05) is 34.2 Å². The number of nitrogens with zero attached hydrogens (tertiary/aromatic N) is 2. The second kappa shape index (κ2) is 10.5. The first-order chi connectivity index (χ1) is 17.1. The van der Waals surface area contributed by atoms with E-state index in [1.165, 1.54) is 44.9 Å². The summed E-state index contributed by atoms with van der Waals surface area (Å²) >= 11 is 0. The SMILES string of the molecule is C=C/C=C\C(=C/C=C)N1/C(=C/C)C2=C(C)N(c3ccccc3)C(C)=C(/C=C\C)B2c2ccccc21. The summed E-state index contributed by atoms with van der Waals surface area (Å²) in [4.78, 5) is 4.75. The average molecular weight is 456 g/mol. The summed E-state index contributed by atoms with van der Waals surface area (Å²) in [5.74, 6) is 0. The van der Waals surface area contributed by atoms with Gasteiger partial charge in [0.15, 0.2) is 0 Å². The van der Waals surface area contributed by atoms with Crippen molar-refractivity contribution in [3.8, 4) is 0 Å². The number of anilines is 2. The maximum Gasteiger partial charge on any atom is 0.251 e. The molecule has 2 heterocycles. The van der Waals surface area contributed by atoms with Crippen LogP contribution in [0.3, 0.4) is 0 Å². The highest BCUT2D eigenvalue weighted by Gasteiger charge is 2.43. The highest BCUT2D eigenvalue weighted by Crippen LogP contribution is 2.43. The van der Waals surface area contributed by atoms with Gasteiger partial charge >= 0.3 is 0 Å². The fourth-order valence-corrected chi connectivity index (χ4v) is 5.33. The molecule has 2 nitrogen and oxygen atoms in total. The van der Waals surface area contributed by atoms with E-state index in [2.05, 4.69) is 136 Å². The Morgan fingerprint density at radius 1 is 0.886 bits per heavy atom. The van der Waals surface area contributed by atoms with Crippen LogP contribution in [0.4, 0.5) is 11.4 Å². The van der Waals surface area contributed by atoms with E-state index in [4.69, 9.17) is 0 Å². The highest BCUT2D eigenvalue weighted by molar-refractivity contribution is 6.89. The Kier molecular flexibility index (Phi) is 7.26. The van der Waals surface area contributed by atoms with Gasteiger partial charge < -0.3 is 9.80 Å². The van der Waals surface area contributed by atoms with Crippen LogP contribution in [0.5, 0.6) is 0 Å². The van der Waals surface area contributed by atoms with Crippen LogP contribution in [0, 0.1) is 0 Å². The van der Waals surface area contributed by atoms with Crippen LogP contribution >= 0.6 is 0 Å². The number of hydrogen-bond donors (Lipinski definition) is 0. The van der Waals surface area contributed by atoms with Gasteiger partial charge in [-0.05, 0) is 74.5 Å². The first-order valence-electron chi connectivity index (χ1n) is 12.2. The summed E-state index contributed by atoms with van der Waals surface area (Å²) in [5, 5.41) is 0. The number of allylic oxidation sites excluding steroid dienone is 12. The Morgan fingerprint density at radius 2 is 1.60 bits per heavy atom. The fourth-order valence-electron chi connectivity index (χ4n) is 5.33. The van der Waals surface area contributed by atoms with Crippen molar-refractivity contribution >= 4 is 23.6 Å². The Bertz CT molecular complexity index is 1320. The molecule has 0 saturated heterocycles. The van der Waals surface area contributed by atoms with Crippen molar-refractivity contribution in [1.29, 1.82) is 0 Å². The number of hydrogen-bond acceptors (Lipinski definition) is 2. The summed E-state index contributed by atoms with van der Waals surface area (Å²) in [6.45, 7) is 16.7. The van der Waals surface area contributed by atoms with Crippen molar-refractivity contribution in [2.75, 3.05) is 9.80 Å². The molecule has 2 aromatic carbocycles. The third-order valence-corrected chi connectivity index (χ3v) is 6.67. The molecular formula is C32H33BN2. The first kappa shape index (κ1) is 24.2. The van der Waals surface area contributed by atoms with Crippen LogP contribution in [0.15, 0.2) is 150 Å². The third-order valence-electron chi connectivity index (χ3n) is 6.67. The highest BCUT2D eigenvalue weighted by atomic mass is 15.2. The average Bonchev–Trinajstić information content (AvgIpc) is 2.88. The van der Waals surface area contributed by atoms with Gasteiger partial charge in [0.1, 0.15) is 0 Å². The first-order valence-corrected chi connectivity index (χ1v) is 12.2. The van der Waals surface area contributed by atoms with Crippen molar-refractivity contribution in [2.24, 2.45) is 0 Å². The van der Waals surface area contributed by atoms with Crippen molar-refractivity contribution < 1.29 is 0 Å². The second-order valence-corrected chi connectivity index (χ2v) is 8.63. The molecule has 0 aromatic heterocycles. The smallest absolute Gasteiger partial charge is 0.251 e. The van der Waals surface area contributed by atoms with E-state index < -0.39 is 0 Å². The standard InChI is InChI=1S/C32H33BN2/c1-7-11-19-26(17-8-2)35-30(10-4)32-25(6)34(27-20-13-12-14-21-27)24(5)28(18-9-3)33(32)29-22-15-16-23-31(29)35/h7-23H,1-2H2,3-6H3/b18-9-,19-11-,26-17+,30-10+. The molecule has 4 rings (SSSR count). The van der Waals surface area contributed by atoms with Crippen molar-refractivity contribution in [1.82, 2.24) is 0 Å². The van der Waals surface area contributed by atoms with E-state index >= 15 is 0 Å². The van der Waals surface area contributed by atoms with Crippen LogP contribution in [-0.4, -0.2) is 6.71 Å². The van der Waals surface area contributed by atoms with Crippen LogP contribution in [0.25, 0.3) is 0 Å². The third kappa shape index (κ3) is 4.19. The summed E-state index contributed by atoms with van der Waals surface area (Å²) in [5.41, 5.74) is 11.0. The monoisotopic (exact) mass is 456 g/mol. The predicted molar refractivity (Wildman–Crippen MR) is 155 cm³/mol. The molecule has 0 saturated carbocycles. The van der Waals surface area contributed by atoms with Crippen LogP contribution in [0.2, 0.25) is 0 Å². The van der Waals surface area contributed by atoms with E-state index in [9.17, 15) is 0 Å². The molecule has 2 aromatic rings. The van der Waals surface area contributed by atoms with Gasteiger partial charge in [-0.3, -0.25) is 0 Å². The minimum absolute atomic E-state index is 0.151. The van der Waals surface area contributed by atoms with Crippen molar-refractivity contribution in [3.63, 3.8) is 0 Å². The Hall–Kier alpha value is -3.98. The minimum Gasteiger partial charge on any atom is -0.319 e. The van der Waals surface area contributed by atoms with Crippen LogP contribution in [-0.2, 0) is 0 Å². The van der Waals surface area contributed by atoms with Gasteiger partial charge in [0.2, 0.25) is 0 Å². The maximum atomic E-state index is 3.99. The maximum absolute atomic E-state index is 3.99. The zero-order chi connectivity index (χ0) is 24.9. The topological polar surface area (TPSA) is 6.48 Å². The summed E-state index contributed by atoms with van der Waals surface area (Å²) in [7, 11) is 0. The number of para-hydroxylation sites is 2. The molecule has 0 atom stereocenters. The molecule has 0 fully saturated rings. The summed E-state index contributed by atoms with van der Waals surface area (Å²) < 4.78 is 0. The van der Waals surface area contributed by atoms with Crippen LogP contribution < -0.4 is 15.3 Å². The molecular weight excluding hydrogens is 423 g/mol.